The van der Waals surface area contributed by atoms with E-state index in [1.807, 2.05) is 0 Å². The van der Waals surface area contributed by atoms with Crippen molar-refractivity contribution in [2.24, 2.45) is 16.7 Å². The van der Waals surface area contributed by atoms with Crippen molar-refractivity contribution in [1.29, 1.82) is 0 Å². The van der Waals surface area contributed by atoms with Crippen LogP contribution in [0.4, 0.5) is 4.79 Å². The predicted molar refractivity (Wildman–Crippen MR) is 98.7 cm³/mol. The molecular formula is C18H24Cl2N2O6. The van der Waals surface area contributed by atoms with E-state index in [2.05, 4.69) is 19.2 Å². The zero-order chi connectivity index (χ0) is 20.5. The van der Waals surface area contributed by atoms with Crippen LogP contribution >= 0.6 is 23.2 Å². The second-order valence-electron chi connectivity index (χ2n) is 8.51. The molecule has 4 rings (SSSR count). The van der Waals surface area contributed by atoms with Crippen LogP contribution in [0.15, 0.2) is 0 Å². The maximum atomic E-state index is 13.9. The summed E-state index contributed by atoms with van der Waals surface area (Å²) >= 11 is 12.5. The summed E-state index contributed by atoms with van der Waals surface area (Å²) < 4.78 is 14.5. The van der Waals surface area contributed by atoms with E-state index in [1.165, 1.54) is 7.11 Å². The number of methoxy groups -OCH3 is 1. The average molecular weight is 435 g/mol. The van der Waals surface area contributed by atoms with E-state index in [-0.39, 0.29) is 30.6 Å². The quantitative estimate of drug-likeness (QED) is 0.499. The first-order valence-electron chi connectivity index (χ1n) is 9.42. The summed E-state index contributed by atoms with van der Waals surface area (Å²) in [5.74, 6) is -0.992. The SMILES string of the molecule is CO[C@H]1[C@H]2NC(=O)N1C(=O)[C@]13CC[C@H](C[C@H]1OCCOC(=O)C2(Cl)Cl)C3(C)C. The van der Waals surface area contributed by atoms with Crippen LogP contribution in [0.25, 0.3) is 0 Å². The van der Waals surface area contributed by atoms with E-state index in [9.17, 15) is 14.4 Å². The zero-order valence-corrected chi connectivity index (χ0v) is 17.5. The van der Waals surface area contributed by atoms with Crippen molar-refractivity contribution in [3.8, 4) is 0 Å². The molecule has 0 radical (unpaired) electrons. The molecule has 2 aliphatic carbocycles. The number of nitrogens with zero attached hydrogens (tertiary/aromatic N) is 1. The number of cyclic esters (lactones) is 1. The van der Waals surface area contributed by atoms with Gasteiger partial charge in [-0.25, -0.2) is 14.5 Å². The lowest BCUT2D eigenvalue weighted by atomic mass is 9.67. The maximum Gasteiger partial charge on any atom is 0.345 e. The second-order valence-corrected chi connectivity index (χ2v) is 9.90. The first kappa shape index (κ1) is 20.2. The third kappa shape index (κ3) is 2.41. The van der Waals surface area contributed by atoms with Crippen molar-refractivity contribution >= 4 is 41.1 Å². The van der Waals surface area contributed by atoms with E-state index >= 15 is 0 Å². The Hall–Kier alpha value is -1.09. The van der Waals surface area contributed by atoms with Gasteiger partial charge in [-0.2, -0.15) is 0 Å². The normalized spacial score (nSPS) is 41.8. The monoisotopic (exact) mass is 434 g/mol. The third-order valence-corrected chi connectivity index (χ3v) is 8.06. The maximum absolute atomic E-state index is 13.9. The number of rotatable bonds is 1. The van der Waals surface area contributed by atoms with Gasteiger partial charge in [0, 0.05) is 7.11 Å². The van der Waals surface area contributed by atoms with Crippen LogP contribution in [0.2, 0.25) is 0 Å². The molecule has 4 fully saturated rings. The van der Waals surface area contributed by atoms with E-state index in [4.69, 9.17) is 37.4 Å². The molecule has 4 aliphatic rings. The number of ether oxygens (including phenoxy) is 3. The van der Waals surface area contributed by atoms with Crippen LogP contribution in [0.3, 0.4) is 0 Å². The number of halogens is 2. The minimum atomic E-state index is -2.12. The largest absolute Gasteiger partial charge is 0.461 e. The number of urea groups is 1. The van der Waals surface area contributed by atoms with Crippen LogP contribution in [-0.4, -0.2) is 65.8 Å². The van der Waals surface area contributed by atoms with E-state index < -0.39 is 34.0 Å². The van der Waals surface area contributed by atoms with Crippen molar-refractivity contribution < 1.29 is 28.6 Å². The van der Waals surface area contributed by atoms with Crippen LogP contribution in [0, 0.1) is 16.7 Å². The van der Waals surface area contributed by atoms with Gasteiger partial charge in [0.15, 0.2) is 6.23 Å². The Balaban J connectivity index is 1.82. The number of nitrogens with one attached hydrogen (secondary N) is 1. The standard InChI is InChI=1S/C18H24Cl2N2O6/c1-16(2)9-4-5-17(16)10(8-9)27-6-7-28-14(24)18(19,20)11-12(26-3)22(13(17)23)15(25)21-11/h9-12H,4-8H2,1-3H3,(H,21,25)/t9-,10-,11-,12+,17+/m1/s1. The summed E-state index contributed by atoms with van der Waals surface area (Å²) in [6, 6.07) is -1.86. The van der Waals surface area contributed by atoms with Gasteiger partial charge in [0.2, 0.25) is 10.2 Å². The molecule has 3 amide bonds. The molecule has 2 heterocycles. The molecule has 0 aromatic carbocycles. The summed E-state index contributed by atoms with van der Waals surface area (Å²) in [4.78, 5) is 40.1. The van der Waals surface area contributed by atoms with Gasteiger partial charge in [0.1, 0.15) is 12.6 Å². The fourth-order valence-electron chi connectivity index (χ4n) is 5.65. The lowest BCUT2D eigenvalue weighted by Gasteiger charge is -2.43. The number of imide groups is 1. The summed E-state index contributed by atoms with van der Waals surface area (Å²) in [7, 11) is 1.34. The van der Waals surface area contributed by atoms with Gasteiger partial charge < -0.3 is 19.5 Å². The third-order valence-electron chi connectivity index (χ3n) is 7.28. The predicted octanol–water partition coefficient (Wildman–Crippen LogP) is 1.82. The summed E-state index contributed by atoms with van der Waals surface area (Å²) in [6.07, 6.45) is 0.712. The Bertz CT molecular complexity index is 729. The summed E-state index contributed by atoms with van der Waals surface area (Å²) in [5.41, 5.74) is -1.23. The van der Waals surface area contributed by atoms with Gasteiger partial charge in [-0.05, 0) is 30.6 Å². The molecule has 0 unspecified atom stereocenters. The highest BCUT2D eigenvalue weighted by molar-refractivity contribution is 6.58. The van der Waals surface area contributed by atoms with Crippen molar-refractivity contribution in [3.63, 3.8) is 0 Å². The molecule has 0 aromatic heterocycles. The van der Waals surface area contributed by atoms with Gasteiger partial charge in [-0.3, -0.25) is 4.79 Å². The van der Waals surface area contributed by atoms with Crippen LogP contribution in [0.1, 0.15) is 33.1 Å². The van der Waals surface area contributed by atoms with E-state index in [1.54, 1.807) is 0 Å². The molecule has 1 N–H and O–H groups in total. The smallest absolute Gasteiger partial charge is 0.345 e. The Labute approximate surface area is 173 Å². The second kappa shape index (κ2) is 6.45. The molecule has 28 heavy (non-hydrogen) atoms. The molecule has 4 bridgehead atoms. The van der Waals surface area contributed by atoms with Crippen molar-refractivity contribution in [1.82, 2.24) is 10.2 Å². The molecule has 10 heteroatoms. The molecular weight excluding hydrogens is 411 g/mol. The van der Waals surface area contributed by atoms with Crippen molar-refractivity contribution in [2.75, 3.05) is 20.3 Å². The Morgan fingerprint density at radius 3 is 2.57 bits per heavy atom. The summed E-state index contributed by atoms with van der Waals surface area (Å²) in [5, 5.41) is 2.54. The average Bonchev–Trinajstić information content (AvgIpc) is 3.19. The molecule has 2 aliphatic heterocycles. The van der Waals surface area contributed by atoms with Crippen molar-refractivity contribution in [3.05, 3.63) is 0 Å². The number of hydrogen-bond donors (Lipinski definition) is 1. The molecule has 0 aromatic rings. The zero-order valence-electron chi connectivity index (χ0n) is 16.0. The first-order chi connectivity index (χ1) is 13.1. The molecule has 2 saturated heterocycles. The first-order valence-corrected chi connectivity index (χ1v) is 10.2. The van der Waals surface area contributed by atoms with Crippen molar-refractivity contribution in [2.45, 2.75) is 55.8 Å². The minimum absolute atomic E-state index is 0.0477. The van der Waals surface area contributed by atoms with Crippen LogP contribution in [-0.2, 0) is 23.8 Å². The molecule has 2 saturated carbocycles. The number of carbonyl (C=O) groups is 3. The Kier molecular flexibility index (Phi) is 4.65. The van der Waals surface area contributed by atoms with Crippen LogP contribution in [0.5, 0.6) is 0 Å². The van der Waals surface area contributed by atoms with E-state index in [0.29, 0.717) is 12.3 Å². The molecule has 1 spiro atoms. The Morgan fingerprint density at radius 2 is 1.93 bits per heavy atom. The lowest BCUT2D eigenvalue weighted by molar-refractivity contribution is -0.169. The molecule has 5 atom stereocenters. The van der Waals surface area contributed by atoms with Crippen LogP contribution < -0.4 is 5.32 Å². The number of alkyl halides is 2. The van der Waals surface area contributed by atoms with Gasteiger partial charge in [-0.15, -0.1) is 0 Å². The van der Waals surface area contributed by atoms with Gasteiger partial charge in [0.05, 0.1) is 18.1 Å². The summed E-state index contributed by atoms with van der Waals surface area (Å²) in [6.45, 7) is 4.18. The van der Waals surface area contributed by atoms with Gasteiger partial charge in [-0.1, -0.05) is 37.0 Å². The highest BCUT2D eigenvalue weighted by atomic mass is 35.5. The minimum Gasteiger partial charge on any atom is -0.461 e. The molecule has 8 nitrogen and oxygen atoms in total. The van der Waals surface area contributed by atoms with Gasteiger partial charge in [0.25, 0.3) is 0 Å². The fraction of sp³-hybridized carbons (Fsp3) is 0.833. The van der Waals surface area contributed by atoms with E-state index in [0.717, 1.165) is 17.7 Å². The lowest BCUT2D eigenvalue weighted by Crippen LogP contribution is -2.59. The number of carbonyl (C=O) groups excluding carboxylic acids is 3. The highest BCUT2D eigenvalue weighted by Crippen LogP contribution is 2.67. The fourth-order valence-corrected chi connectivity index (χ4v) is 6.08. The number of fused-ring (bicyclic) bond motifs is 3. The topological polar surface area (TPSA) is 94.2 Å². The number of hydrogen-bond acceptors (Lipinski definition) is 6. The highest BCUT2D eigenvalue weighted by Gasteiger charge is 2.71. The number of amides is 3. The number of esters is 1. The molecule has 156 valence electrons. The van der Waals surface area contributed by atoms with Gasteiger partial charge >= 0.3 is 12.0 Å². The Morgan fingerprint density at radius 1 is 1.21 bits per heavy atom.